The van der Waals surface area contributed by atoms with Crippen molar-refractivity contribution in [2.75, 3.05) is 30.8 Å². The van der Waals surface area contributed by atoms with Crippen molar-refractivity contribution in [3.63, 3.8) is 0 Å². The van der Waals surface area contributed by atoms with E-state index in [0.29, 0.717) is 19.0 Å². The number of nitrogens with two attached hydrogens (primary N) is 1. The van der Waals surface area contributed by atoms with Crippen LogP contribution in [0, 0.1) is 5.92 Å². The molecule has 0 radical (unpaired) electrons. The molecule has 0 atom stereocenters. The number of rotatable bonds is 2. The van der Waals surface area contributed by atoms with Gasteiger partial charge in [-0.2, -0.15) is 15.0 Å². The summed E-state index contributed by atoms with van der Waals surface area (Å²) in [5.41, 5.74) is 5.53. The molecule has 2 heterocycles. The van der Waals surface area contributed by atoms with Gasteiger partial charge in [-0.25, -0.2) is 0 Å². The standard InChI is InChI=1S/C10H15ClN6O/c1-13-7(18)6-2-4-17(5-3-6)10-15-8(11)14-9(12)16-10/h6H,2-5H2,1H3,(H,13,18)(H2,12,14,15,16). The van der Waals surface area contributed by atoms with E-state index in [0.717, 1.165) is 12.8 Å². The minimum atomic E-state index is 0.0564. The molecule has 1 fully saturated rings. The molecule has 0 aliphatic carbocycles. The van der Waals surface area contributed by atoms with E-state index in [1.165, 1.54) is 0 Å². The summed E-state index contributed by atoms with van der Waals surface area (Å²) in [7, 11) is 1.65. The lowest BCUT2D eigenvalue weighted by Gasteiger charge is -2.30. The fraction of sp³-hybridized carbons (Fsp3) is 0.600. The Morgan fingerprint density at radius 3 is 2.61 bits per heavy atom. The van der Waals surface area contributed by atoms with E-state index < -0.39 is 0 Å². The summed E-state index contributed by atoms with van der Waals surface area (Å²) in [5, 5.41) is 2.76. The monoisotopic (exact) mass is 270 g/mol. The van der Waals surface area contributed by atoms with Crippen LogP contribution in [-0.4, -0.2) is 41.0 Å². The van der Waals surface area contributed by atoms with Crippen LogP contribution in [-0.2, 0) is 4.79 Å². The van der Waals surface area contributed by atoms with Crippen LogP contribution in [0.25, 0.3) is 0 Å². The topological polar surface area (TPSA) is 97.0 Å². The largest absolute Gasteiger partial charge is 0.368 e. The molecule has 7 nitrogen and oxygen atoms in total. The number of nitrogens with zero attached hydrogens (tertiary/aromatic N) is 4. The Hall–Kier alpha value is -1.63. The van der Waals surface area contributed by atoms with Crippen LogP contribution < -0.4 is 16.0 Å². The van der Waals surface area contributed by atoms with E-state index in [1.807, 2.05) is 4.90 Å². The molecule has 2 rings (SSSR count). The molecule has 1 saturated heterocycles. The third-order valence-electron chi connectivity index (χ3n) is 3.01. The highest BCUT2D eigenvalue weighted by molar-refractivity contribution is 6.28. The average Bonchev–Trinajstić information content (AvgIpc) is 2.37. The molecular formula is C10H15ClN6O. The lowest BCUT2D eigenvalue weighted by molar-refractivity contribution is -0.125. The Bertz CT molecular complexity index is 426. The quantitative estimate of drug-likeness (QED) is 0.789. The number of amides is 1. The van der Waals surface area contributed by atoms with Gasteiger partial charge in [-0.1, -0.05) is 0 Å². The van der Waals surface area contributed by atoms with Crippen molar-refractivity contribution in [2.24, 2.45) is 5.92 Å². The summed E-state index contributed by atoms with van der Waals surface area (Å²) < 4.78 is 0. The first-order valence-electron chi connectivity index (χ1n) is 5.73. The first-order valence-corrected chi connectivity index (χ1v) is 6.11. The van der Waals surface area contributed by atoms with Crippen molar-refractivity contribution >= 4 is 29.4 Å². The number of carbonyl (C=O) groups excluding carboxylic acids is 1. The molecule has 0 bridgehead atoms. The molecular weight excluding hydrogens is 256 g/mol. The number of anilines is 2. The van der Waals surface area contributed by atoms with Crippen molar-refractivity contribution in [3.05, 3.63) is 5.28 Å². The number of hydrogen-bond donors (Lipinski definition) is 2. The molecule has 1 amide bonds. The fourth-order valence-electron chi connectivity index (χ4n) is 2.04. The van der Waals surface area contributed by atoms with Gasteiger partial charge in [0, 0.05) is 26.1 Å². The number of nitrogen functional groups attached to an aromatic ring is 1. The van der Waals surface area contributed by atoms with Crippen LogP contribution in [0.15, 0.2) is 0 Å². The van der Waals surface area contributed by atoms with E-state index in [1.54, 1.807) is 7.05 Å². The molecule has 0 spiro atoms. The van der Waals surface area contributed by atoms with Gasteiger partial charge < -0.3 is 16.0 Å². The maximum absolute atomic E-state index is 11.5. The maximum Gasteiger partial charge on any atom is 0.231 e. The first-order chi connectivity index (χ1) is 8.60. The van der Waals surface area contributed by atoms with E-state index in [4.69, 9.17) is 17.3 Å². The van der Waals surface area contributed by atoms with Crippen LogP contribution in [0.2, 0.25) is 5.28 Å². The van der Waals surface area contributed by atoms with Crippen LogP contribution in [0.3, 0.4) is 0 Å². The van der Waals surface area contributed by atoms with Gasteiger partial charge >= 0.3 is 0 Å². The summed E-state index contributed by atoms with van der Waals surface area (Å²) in [4.78, 5) is 25.3. The predicted molar refractivity (Wildman–Crippen MR) is 68.3 cm³/mol. The van der Waals surface area contributed by atoms with Gasteiger partial charge in [0.05, 0.1) is 0 Å². The van der Waals surface area contributed by atoms with Gasteiger partial charge in [-0.05, 0) is 24.4 Å². The van der Waals surface area contributed by atoms with E-state index >= 15 is 0 Å². The molecule has 0 unspecified atom stereocenters. The van der Waals surface area contributed by atoms with Gasteiger partial charge in [0.1, 0.15) is 0 Å². The highest BCUT2D eigenvalue weighted by atomic mass is 35.5. The van der Waals surface area contributed by atoms with Crippen LogP contribution in [0.1, 0.15) is 12.8 Å². The van der Waals surface area contributed by atoms with Crippen molar-refractivity contribution in [2.45, 2.75) is 12.8 Å². The number of hydrogen-bond acceptors (Lipinski definition) is 6. The lowest BCUT2D eigenvalue weighted by atomic mass is 9.96. The number of aromatic nitrogens is 3. The summed E-state index contributed by atoms with van der Waals surface area (Å²) in [5.74, 6) is 0.727. The molecule has 1 aliphatic rings. The molecule has 8 heteroatoms. The third kappa shape index (κ3) is 2.79. The lowest BCUT2D eigenvalue weighted by Crippen LogP contribution is -2.40. The SMILES string of the molecule is CNC(=O)C1CCN(c2nc(N)nc(Cl)n2)CC1. The number of nitrogens with one attached hydrogen (secondary N) is 1. The Kier molecular flexibility index (Phi) is 3.81. The Balaban J connectivity index is 2.03. The Labute approximate surface area is 110 Å². The van der Waals surface area contributed by atoms with Gasteiger partial charge in [0.15, 0.2) is 0 Å². The zero-order chi connectivity index (χ0) is 13.1. The highest BCUT2D eigenvalue weighted by Gasteiger charge is 2.25. The van der Waals surface area contributed by atoms with Crippen LogP contribution in [0.4, 0.5) is 11.9 Å². The van der Waals surface area contributed by atoms with Crippen molar-refractivity contribution in [3.8, 4) is 0 Å². The van der Waals surface area contributed by atoms with Gasteiger partial charge in [0.2, 0.25) is 23.1 Å². The van der Waals surface area contributed by atoms with E-state index in [2.05, 4.69) is 20.3 Å². The number of halogens is 1. The smallest absolute Gasteiger partial charge is 0.231 e. The second kappa shape index (κ2) is 5.34. The third-order valence-corrected chi connectivity index (χ3v) is 3.18. The first kappa shape index (κ1) is 12.8. The molecule has 1 aromatic rings. The average molecular weight is 271 g/mol. The normalized spacial score (nSPS) is 16.7. The maximum atomic E-state index is 11.5. The second-order valence-electron chi connectivity index (χ2n) is 4.14. The molecule has 18 heavy (non-hydrogen) atoms. The van der Waals surface area contributed by atoms with Crippen molar-refractivity contribution < 1.29 is 4.79 Å². The van der Waals surface area contributed by atoms with Crippen LogP contribution >= 0.6 is 11.6 Å². The van der Waals surface area contributed by atoms with E-state index in [9.17, 15) is 4.79 Å². The zero-order valence-corrected chi connectivity index (χ0v) is 10.8. The molecule has 0 aromatic carbocycles. The molecule has 3 N–H and O–H groups in total. The predicted octanol–water partition coefficient (Wildman–Crippen LogP) is 0.0696. The Morgan fingerprint density at radius 2 is 2.06 bits per heavy atom. The molecule has 1 aliphatic heterocycles. The summed E-state index contributed by atoms with van der Waals surface area (Å²) in [6, 6.07) is 0. The summed E-state index contributed by atoms with van der Waals surface area (Å²) in [6.45, 7) is 1.41. The minimum absolute atomic E-state index is 0.0564. The molecule has 0 saturated carbocycles. The molecule has 98 valence electrons. The van der Waals surface area contributed by atoms with Crippen molar-refractivity contribution in [1.29, 1.82) is 0 Å². The zero-order valence-electron chi connectivity index (χ0n) is 10.1. The van der Waals surface area contributed by atoms with E-state index in [-0.39, 0.29) is 23.1 Å². The second-order valence-corrected chi connectivity index (χ2v) is 4.48. The molecule has 1 aromatic heterocycles. The summed E-state index contributed by atoms with van der Waals surface area (Å²) >= 11 is 5.74. The Morgan fingerprint density at radius 1 is 1.39 bits per heavy atom. The fourth-order valence-corrected chi connectivity index (χ4v) is 2.20. The van der Waals surface area contributed by atoms with Crippen LogP contribution in [0.5, 0.6) is 0 Å². The van der Waals surface area contributed by atoms with Gasteiger partial charge in [-0.15, -0.1) is 0 Å². The number of carbonyl (C=O) groups is 1. The number of piperidine rings is 1. The highest BCUT2D eigenvalue weighted by Crippen LogP contribution is 2.21. The van der Waals surface area contributed by atoms with Crippen molar-refractivity contribution in [1.82, 2.24) is 20.3 Å². The minimum Gasteiger partial charge on any atom is -0.368 e. The van der Waals surface area contributed by atoms with Gasteiger partial charge in [-0.3, -0.25) is 4.79 Å². The van der Waals surface area contributed by atoms with Gasteiger partial charge in [0.25, 0.3) is 0 Å². The summed E-state index contributed by atoms with van der Waals surface area (Å²) in [6.07, 6.45) is 1.53.